The summed E-state index contributed by atoms with van der Waals surface area (Å²) in [5.74, 6) is -0.291. The maximum Gasteiger partial charge on any atom is 0.313 e. The summed E-state index contributed by atoms with van der Waals surface area (Å²) in [5.41, 5.74) is 1.06. The third kappa shape index (κ3) is 3.57. The van der Waals surface area contributed by atoms with E-state index in [2.05, 4.69) is 15.1 Å². The molecular formula is C11H14N4O3S. The van der Waals surface area contributed by atoms with Gasteiger partial charge in [-0.15, -0.1) is 0 Å². The standard InChI is InChI=1S/C11H14N4O3S/c1-2-8-5-12-11(19-6-10(16)17)15(8)4-3-9-13-7-14-18-9/h5,7H,2-4,6H2,1H3,(H,16,17). The van der Waals surface area contributed by atoms with Gasteiger partial charge in [-0.05, 0) is 6.42 Å². The van der Waals surface area contributed by atoms with Gasteiger partial charge in [-0.2, -0.15) is 4.98 Å². The molecule has 7 nitrogen and oxygen atoms in total. The van der Waals surface area contributed by atoms with E-state index in [9.17, 15) is 4.79 Å². The number of thioether (sulfide) groups is 1. The van der Waals surface area contributed by atoms with Crippen molar-refractivity contribution in [1.82, 2.24) is 19.7 Å². The number of rotatable bonds is 7. The molecule has 0 saturated carbocycles. The van der Waals surface area contributed by atoms with E-state index in [0.717, 1.165) is 12.1 Å². The molecule has 8 heteroatoms. The average Bonchev–Trinajstić information content (AvgIpc) is 3.02. The van der Waals surface area contributed by atoms with Gasteiger partial charge in [0.25, 0.3) is 0 Å². The second kappa shape index (κ2) is 6.37. The number of aliphatic carboxylic acids is 1. The van der Waals surface area contributed by atoms with Gasteiger partial charge in [-0.1, -0.05) is 23.8 Å². The maximum atomic E-state index is 10.6. The second-order valence-corrected chi connectivity index (χ2v) is 4.75. The topological polar surface area (TPSA) is 94.0 Å². The molecule has 2 aromatic heterocycles. The molecule has 0 amide bonds. The van der Waals surface area contributed by atoms with Crippen LogP contribution in [0.15, 0.2) is 22.2 Å². The Hall–Kier alpha value is -1.83. The van der Waals surface area contributed by atoms with Crippen LogP contribution in [-0.2, 0) is 24.2 Å². The Morgan fingerprint density at radius 1 is 1.53 bits per heavy atom. The molecule has 0 radical (unpaired) electrons. The SMILES string of the molecule is CCc1cnc(SCC(=O)O)n1CCc1ncno1. The molecule has 2 heterocycles. The van der Waals surface area contributed by atoms with Crippen LogP contribution in [0.2, 0.25) is 0 Å². The van der Waals surface area contributed by atoms with Crippen molar-refractivity contribution < 1.29 is 14.4 Å². The predicted molar refractivity (Wildman–Crippen MR) is 68.0 cm³/mol. The van der Waals surface area contributed by atoms with Crippen molar-refractivity contribution in [2.75, 3.05) is 5.75 Å². The third-order valence-electron chi connectivity index (χ3n) is 2.54. The Labute approximate surface area is 114 Å². The highest BCUT2D eigenvalue weighted by molar-refractivity contribution is 7.99. The molecule has 1 N–H and O–H groups in total. The van der Waals surface area contributed by atoms with Crippen LogP contribution in [0.5, 0.6) is 0 Å². The van der Waals surface area contributed by atoms with Gasteiger partial charge in [0.1, 0.15) is 0 Å². The van der Waals surface area contributed by atoms with Gasteiger partial charge in [-0.25, -0.2) is 4.98 Å². The first-order valence-electron chi connectivity index (χ1n) is 5.85. The Kier molecular flexibility index (Phi) is 4.56. The van der Waals surface area contributed by atoms with Crippen molar-refractivity contribution in [3.8, 4) is 0 Å². The second-order valence-electron chi connectivity index (χ2n) is 3.80. The maximum absolute atomic E-state index is 10.6. The van der Waals surface area contributed by atoms with Crippen LogP contribution >= 0.6 is 11.8 Å². The highest BCUT2D eigenvalue weighted by atomic mass is 32.2. The summed E-state index contributed by atoms with van der Waals surface area (Å²) in [5, 5.41) is 13.0. The monoisotopic (exact) mass is 282 g/mol. The molecule has 0 aromatic carbocycles. The van der Waals surface area contributed by atoms with E-state index in [1.54, 1.807) is 6.20 Å². The van der Waals surface area contributed by atoms with Gasteiger partial charge in [0, 0.05) is 24.9 Å². The van der Waals surface area contributed by atoms with E-state index in [1.807, 2.05) is 11.5 Å². The third-order valence-corrected chi connectivity index (χ3v) is 3.52. The molecule has 0 unspecified atom stereocenters. The fourth-order valence-corrected chi connectivity index (χ4v) is 2.41. The van der Waals surface area contributed by atoms with Crippen molar-refractivity contribution in [2.45, 2.75) is 31.5 Å². The molecule has 0 saturated heterocycles. The number of hydrogen-bond donors (Lipinski definition) is 1. The molecule has 2 rings (SSSR count). The van der Waals surface area contributed by atoms with Crippen LogP contribution in [0.1, 0.15) is 18.5 Å². The first kappa shape index (κ1) is 13.6. The minimum atomic E-state index is -0.852. The molecule has 0 bridgehead atoms. The van der Waals surface area contributed by atoms with Crippen molar-refractivity contribution in [3.05, 3.63) is 24.1 Å². The van der Waals surface area contributed by atoms with E-state index in [1.165, 1.54) is 18.1 Å². The first-order chi connectivity index (χ1) is 9.20. The lowest BCUT2D eigenvalue weighted by Crippen LogP contribution is -2.08. The van der Waals surface area contributed by atoms with Crippen molar-refractivity contribution in [1.29, 1.82) is 0 Å². The Morgan fingerprint density at radius 2 is 2.37 bits per heavy atom. The van der Waals surface area contributed by atoms with Crippen molar-refractivity contribution in [2.24, 2.45) is 0 Å². The van der Waals surface area contributed by atoms with E-state index < -0.39 is 5.97 Å². The number of hydrogen-bond acceptors (Lipinski definition) is 6. The van der Waals surface area contributed by atoms with Gasteiger partial charge in [-0.3, -0.25) is 4.79 Å². The van der Waals surface area contributed by atoms with E-state index >= 15 is 0 Å². The lowest BCUT2D eigenvalue weighted by atomic mass is 10.3. The van der Waals surface area contributed by atoms with Gasteiger partial charge in [0.15, 0.2) is 11.5 Å². The predicted octanol–water partition coefficient (Wildman–Crippen LogP) is 1.25. The lowest BCUT2D eigenvalue weighted by molar-refractivity contribution is -0.133. The number of aromatic nitrogens is 4. The molecular weight excluding hydrogens is 268 g/mol. The van der Waals surface area contributed by atoms with Crippen molar-refractivity contribution in [3.63, 3.8) is 0 Å². The zero-order valence-electron chi connectivity index (χ0n) is 10.4. The number of aryl methyl sites for hydroxylation is 2. The minimum Gasteiger partial charge on any atom is -0.481 e. The number of nitrogens with zero attached hydrogens (tertiary/aromatic N) is 4. The Balaban J connectivity index is 2.07. The summed E-state index contributed by atoms with van der Waals surface area (Å²) in [6.07, 6.45) is 4.58. The summed E-state index contributed by atoms with van der Waals surface area (Å²) in [6.45, 7) is 2.68. The fraction of sp³-hybridized carbons (Fsp3) is 0.455. The van der Waals surface area contributed by atoms with E-state index in [4.69, 9.17) is 9.63 Å². The highest BCUT2D eigenvalue weighted by Gasteiger charge is 2.12. The van der Waals surface area contributed by atoms with Gasteiger partial charge >= 0.3 is 5.97 Å². The van der Waals surface area contributed by atoms with Gasteiger partial charge < -0.3 is 14.2 Å². The summed E-state index contributed by atoms with van der Waals surface area (Å²) in [6, 6.07) is 0. The number of carboxylic acids is 1. The number of imidazole rings is 1. The molecule has 0 aliphatic rings. The molecule has 102 valence electrons. The fourth-order valence-electron chi connectivity index (χ4n) is 1.67. The summed E-state index contributed by atoms with van der Waals surface area (Å²) >= 11 is 1.21. The molecule has 2 aromatic rings. The van der Waals surface area contributed by atoms with Crippen LogP contribution in [-0.4, -0.2) is 36.5 Å². The largest absolute Gasteiger partial charge is 0.481 e. The van der Waals surface area contributed by atoms with E-state index in [-0.39, 0.29) is 5.75 Å². The average molecular weight is 282 g/mol. The molecule has 0 aliphatic carbocycles. The Bertz CT molecular complexity index is 538. The Morgan fingerprint density at radius 3 is 3.00 bits per heavy atom. The van der Waals surface area contributed by atoms with E-state index in [0.29, 0.717) is 24.0 Å². The summed E-state index contributed by atoms with van der Waals surface area (Å²) < 4.78 is 6.95. The van der Waals surface area contributed by atoms with Crippen molar-refractivity contribution >= 4 is 17.7 Å². The number of carboxylic acid groups (broad SMARTS) is 1. The minimum absolute atomic E-state index is 0.000719. The van der Waals surface area contributed by atoms with Crippen LogP contribution in [0.3, 0.4) is 0 Å². The van der Waals surface area contributed by atoms with Gasteiger partial charge in [0.05, 0.1) is 5.75 Å². The number of carbonyl (C=O) groups is 1. The summed E-state index contributed by atoms with van der Waals surface area (Å²) in [7, 11) is 0. The van der Waals surface area contributed by atoms with Crippen LogP contribution in [0.4, 0.5) is 0 Å². The molecule has 19 heavy (non-hydrogen) atoms. The van der Waals surface area contributed by atoms with Gasteiger partial charge in [0.2, 0.25) is 5.89 Å². The zero-order chi connectivity index (χ0) is 13.7. The zero-order valence-corrected chi connectivity index (χ0v) is 11.3. The molecule has 0 spiro atoms. The van der Waals surface area contributed by atoms with Crippen LogP contribution in [0, 0.1) is 0 Å². The lowest BCUT2D eigenvalue weighted by Gasteiger charge is -2.08. The molecule has 0 fully saturated rings. The molecule has 0 atom stereocenters. The quantitative estimate of drug-likeness (QED) is 0.763. The van der Waals surface area contributed by atoms with Crippen LogP contribution in [0.25, 0.3) is 0 Å². The smallest absolute Gasteiger partial charge is 0.313 e. The molecule has 0 aliphatic heterocycles. The summed E-state index contributed by atoms with van der Waals surface area (Å²) in [4.78, 5) is 18.8. The van der Waals surface area contributed by atoms with Crippen LogP contribution < -0.4 is 0 Å². The first-order valence-corrected chi connectivity index (χ1v) is 6.83. The highest BCUT2D eigenvalue weighted by Crippen LogP contribution is 2.19. The normalized spacial score (nSPS) is 10.8.